The van der Waals surface area contributed by atoms with E-state index in [1.54, 1.807) is 0 Å². The summed E-state index contributed by atoms with van der Waals surface area (Å²) in [6.45, 7) is 0.660. The molecule has 1 N–H and O–H groups in total. The molecular weight excluding hydrogens is 250 g/mol. The second-order valence-corrected chi connectivity index (χ2v) is 4.99. The standard InChI is InChI=1S/C13H14ClN3O/c14-10-3-1-2-9(6-10)7-12-16-17-13(18-12)8-15-11-4-5-11/h1-3,6,11,15H,4-5,7-8H2. The van der Waals surface area contributed by atoms with Gasteiger partial charge in [-0.25, -0.2) is 0 Å². The third kappa shape index (κ3) is 3.09. The third-order valence-corrected chi connectivity index (χ3v) is 3.11. The Bertz CT molecular complexity index is 537. The van der Waals surface area contributed by atoms with Crippen molar-refractivity contribution in [1.29, 1.82) is 0 Å². The number of hydrogen-bond donors (Lipinski definition) is 1. The van der Waals surface area contributed by atoms with Crippen LogP contribution in [0.1, 0.15) is 30.2 Å². The molecule has 1 aliphatic rings. The van der Waals surface area contributed by atoms with Crippen molar-refractivity contribution >= 4 is 11.6 Å². The zero-order valence-corrected chi connectivity index (χ0v) is 10.7. The van der Waals surface area contributed by atoms with E-state index < -0.39 is 0 Å². The summed E-state index contributed by atoms with van der Waals surface area (Å²) in [5, 5.41) is 12.1. The smallest absolute Gasteiger partial charge is 0.230 e. The van der Waals surface area contributed by atoms with E-state index >= 15 is 0 Å². The molecule has 0 atom stereocenters. The molecule has 18 heavy (non-hydrogen) atoms. The van der Waals surface area contributed by atoms with Crippen LogP contribution < -0.4 is 5.32 Å². The lowest BCUT2D eigenvalue weighted by Gasteiger charge is -1.98. The van der Waals surface area contributed by atoms with E-state index in [9.17, 15) is 0 Å². The molecule has 1 aromatic carbocycles. The summed E-state index contributed by atoms with van der Waals surface area (Å²) in [5.74, 6) is 1.28. The predicted octanol–water partition coefficient (Wildman–Crippen LogP) is 2.57. The molecule has 1 aliphatic carbocycles. The highest BCUT2D eigenvalue weighted by atomic mass is 35.5. The molecule has 4 nitrogen and oxygen atoms in total. The Labute approximate surface area is 110 Å². The van der Waals surface area contributed by atoms with Crippen LogP contribution in [0.4, 0.5) is 0 Å². The van der Waals surface area contributed by atoms with Crippen LogP contribution in [0.3, 0.4) is 0 Å². The van der Waals surface area contributed by atoms with E-state index in [-0.39, 0.29) is 0 Å². The van der Waals surface area contributed by atoms with Crippen LogP contribution in [-0.2, 0) is 13.0 Å². The van der Waals surface area contributed by atoms with Gasteiger partial charge in [-0.1, -0.05) is 23.7 Å². The molecule has 1 aromatic heterocycles. The van der Waals surface area contributed by atoms with Crippen molar-refractivity contribution < 1.29 is 4.42 Å². The van der Waals surface area contributed by atoms with Crippen molar-refractivity contribution in [3.8, 4) is 0 Å². The average molecular weight is 264 g/mol. The predicted molar refractivity (Wildman–Crippen MR) is 68.4 cm³/mol. The fourth-order valence-corrected chi connectivity index (χ4v) is 1.98. The minimum Gasteiger partial charge on any atom is -0.424 e. The Hall–Kier alpha value is -1.39. The van der Waals surface area contributed by atoms with Crippen LogP contribution in [0.2, 0.25) is 5.02 Å². The summed E-state index contributed by atoms with van der Waals surface area (Å²) in [5.41, 5.74) is 1.08. The van der Waals surface area contributed by atoms with Crippen molar-refractivity contribution in [2.24, 2.45) is 0 Å². The molecule has 5 heteroatoms. The number of halogens is 1. The minimum atomic E-state index is 0.622. The lowest BCUT2D eigenvalue weighted by Crippen LogP contribution is -2.15. The Morgan fingerprint density at radius 2 is 2.11 bits per heavy atom. The van der Waals surface area contributed by atoms with E-state index in [1.165, 1.54) is 12.8 Å². The summed E-state index contributed by atoms with van der Waals surface area (Å²) in [4.78, 5) is 0. The molecule has 1 heterocycles. The molecule has 1 fully saturated rings. The van der Waals surface area contributed by atoms with Crippen molar-refractivity contribution in [2.75, 3.05) is 0 Å². The number of nitrogens with zero attached hydrogens (tertiary/aromatic N) is 2. The van der Waals surface area contributed by atoms with Gasteiger partial charge in [-0.05, 0) is 30.5 Å². The first kappa shape index (κ1) is 11.7. The molecule has 94 valence electrons. The summed E-state index contributed by atoms with van der Waals surface area (Å²) >= 11 is 5.93. The zero-order chi connectivity index (χ0) is 12.4. The fourth-order valence-electron chi connectivity index (χ4n) is 1.77. The monoisotopic (exact) mass is 263 g/mol. The van der Waals surface area contributed by atoms with Gasteiger partial charge in [0.25, 0.3) is 0 Å². The maximum atomic E-state index is 5.93. The lowest BCUT2D eigenvalue weighted by molar-refractivity contribution is 0.438. The molecule has 0 spiro atoms. The normalized spacial score (nSPS) is 14.9. The summed E-state index contributed by atoms with van der Waals surface area (Å²) in [6, 6.07) is 8.33. The van der Waals surface area contributed by atoms with Gasteiger partial charge < -0.3 is 9.73 Å². The van der Waals surface area contributed by atoms with Gasteiger partial charge in [-0.2, -0.15) is 0 Å². The first-order valence-corrected chi connectivity index (χ1v) is 6.46. The molecule has 1 saturated carbocycles. The largest absolute Gasteiger partial charge is 0.424 e. The molecule has 0 saturated heterocycles. The van der Waals surface area contributed by atoms with Crippen molar-refractivity contribution in [3.63, 3.8) is 0 Å². The average Bonchev–Trinajstić information content (AvgIpc) is 3.08. The van der Waals surface area contributed by atoms with Crippen LogP contribution in [0, 0.1) is 0 Å². The highest BCUT2D eigenvalue weighted by Gasteiger charge is 2.21. The Balaban J connectivity index is 1.61. The van der Waals surface area contributed by atoms with Crippen molar-refractivity contribution in [2.45, 2.75) is 31.8 Å². The van der Waals surface area contributed by atoms with Crippen LogP contribution in [0.25, 0.3) is 0 Å². The van der Waals surface area contributed by atoms with Crippen LogP contribution in [0.15, 0.2) is 28.7 Å². The van der Waals surface area contributed by atoms with Crippen LogP contribution >= 0.6 is 11.6 Å². The van der Waals surface area contributed by atoms with Gasteiger partial charge in [0.1, 0.15) is 0 Å². The topological polar surface area (TPSA) is 51.0 Å². The van der Waals surface area contributed by atoms with Gasteiger partial charge in [-0.15, -0.1) is 10.2 Å². The highest BCUT2D eigenvalue weighted by molar-refractivity contribution is 6.30. The number of nitrogens with one attached hydrogen (secondary N) is 1. The van der Waals surface area contributed by atoms with Crippen LogP contribution in [0.5, 0.6) is 0 Å². The first-order chi connectivity index (χ1) is 8.79. The summed E-state index contributed by atoms with van der Waals surface area (Å²) in [6.07, 6.45) is 3.13. The maximum Gasteiger partial charge on any atom is 0.230 e. The summed E-state index contributed by atoms with van der Waals surface area (Å²) < 4.78 is 5.58. The minimum absolute atomic E-state index is 0.622. The van der Waals surface area contributed by atoms with E-state index in [4.69, 9.17) is 16.0 Å². The molecule has 3 rings (SSSR count). The Kier molecular flexibility index (Phi) is 3.30. The second kappa shape index (κ2) is 5.08. The SMILES string of the molecule is Clc1cccc(Cc2nnc(CNC3CC3)o2)c1. The molecule has 0 amide bonds. The van der Waals surface area contributed by atoms with Gasteiger partial charge >= 0.3 is 0 Å². The van der Waals surface area contributed by atoms with Crippen LogP contribution in [-0.4, -0.2) is 16.2 Å². The Morgan fingerprint density at radius 3 is 2.89 bits per heavy atom. The quantitative estimate of drug-likeness (QED) is 0.901. The molecule has 0 aliphatic heterocycles. The molecule has 0 radical (unpaired) electrons. The number of aromatic nitrogens is 2. The molecule has 0 unspecified atom stereocenters. The van der Waals surface area contributed by atoms with Crippen molar-refractivity contribution in [3.05, 3.63) is 46.6 Å². The van der Waals surface area contributed by atoms with Gasteiger partial charge in [0.05, 0.1) is 13.0 Å². The first-order valence-electron chi connectivity index (χ1n) is 6.09. The van der Waals surface area contributed by atoms with Gasteiger partial charge in [0.15, 0.2) is 0 Å². The van der Waals surface area contributed by atoms with Gasteiger partial charge in [0.2, 0.25) is 11.8 Å². The Morgan fingerprint density at radius 1 is 1.28 bits per heavy atom. The maximum absolute atomic E-state index is 5.93. The fraction of sp³-hybridized carbons (Fsp3) is 0.385. The highest BCUT2D eigenvalue weighted by Crippen LogP contribution is 2.19. The number of hydrogen-bond acceptors (Lipinski definition) is 4. The van der Waals surface area contributed by atoms with E-state index in [1.807, 2.05) is 24.3 Å². The third-order valence-electron chi connectivity index (χ3n) is 2.87. The lowest BCUT2D eigenvalue weighted by atomic mass is 10.1. The van der Waals surface area contributed by atoms with Gasteiger partial charge in [-0.3, -0.25) is 0 Å². The van der Waals surface area contributed by atoms with Crippen molar-refractivity contribution in [1.82, 2.24) is 15.5 Å². The molecule has 0 bridgehead atoms. The number of benzene rings is 1. The second-order valence-electron chi connectivity index (χ2n) is 4.55. The van der Waals surface area contributed by atoms with E-state index in [0.717, 1.165) is 10.6 Å². The molecule has 2 aromatic rings. The van der Waals surface area contributed by atoms with Gasteiger partial charge in [0, 0.05) is 11.1 Å². The van der Waals surface area contributed by atoms with E-state index in [0.29, 0.717) is 30.8 Å². The summed E-state index contributed by atoms with van der Waals surface area (Å²) in [7, 11) is 0. The van der Waals surface area contributed by atoms with E-state index in [2.05, 4.69) is 15.5 Å². The zero-order valence-electron chi connectivity index (χ0n) is 9.90. The number of rotatable bonds is 5. The molecular formula is C13H14ClN3O.